The molecule has 0 aliphatic carbocycles. The van der Waals surface area contributed by atoms with E-state index in [9.17, 15) is 19.8 Å². The summed E-state index contributed by atoms with van der Waals surface area (Å²) in [6, 6.07) is 13.4. The van der Waals surface area contributed by atoms with Crippen molar-refractivity contribution in [3.05, 3.63) is 70.8 Å². The van der Waals surface area contributed by atoms with Crippen molar-refractivity contribution in [2.45, 2.75) is 13.2 Å². The van der Waals surface area contributed by atoms with Crippen LogP contribution < -0.4 is 0 Å². The van der Waals surface area contributed by atoms with Crippen LogP contribution in [0.25, 0.3) is 0 Å². The third-order valence-electron chi connectivity index (χ3n) is 4.30. The molecular formula is C23H20O6. The summed E-state index contributed by atoms with van der Waals surface area (Å²) < 4.78 is 10.2. The smallest absolute Gasteiger partial charge is 0.328 e. The normalized spacial score (nSPS) is 10.5. The van der Waals surface area contributed by atoms with Gasteiger partial charge in [-0.25, -0.2) is 0 Å². The van der Waals surface area contributed by atoms with Crippen molar-refractivity contribution in [1.29, 1.82) is 0 Å². The van der Waals surface area contributed by atoms with E-state index in [1.807, 2.05) is 0 Å². The zero-order chi connectivity index (χ0) is 21.3. The van der Waals surface area contributed by atoms with E-state index < -0.39 is 30.6 Å². The van der Waals surface area contributed by atoms with Crippen LogP contribution in [0, 0.1) is 30.1 Å². The van der Waals surface area contributed by atoms with Gasteiger partial charge in [0, 0.05) is 11.1 Å². The summed E-state index contributed by atoms with van der Waals surface area (Å²) in [7, 11) is 0. The Labute approximate surface area is 169 Å². The van der Waals surface area contributed by atoms with Gasteiger partial charge >= 0.3 is 11.9 Å². The molecule has 0 fully saturated rings. The fourth-order valence-corrected chi connectivity index (χ4v) is 2.36. The van der Waals surface area contributed by atoms with E-state index in [0.717, 1.165) is 0 Å². The lowest BCUT2D eigenvalue weighted by molar-refractivity contribution is -0.181. The van der Waals surface area contributed by atoms with Gasteiger partial charge in [0.15, 0.2) is 0 Å². The second-order valence-electron chi connectivity index (χ2n) is 6.23. The molecule has 2 aromatic rings. The topological polar surface area (TPSA) is 93.1 Å². The molecule has 0 aromatic heterocycles. The first-order chi connectivity index (χ1) is 14.0. The van der Waals surface area contributed by atoms with Gasteiger partial charge in [-0.1, -0.05) is 36.1 Å². The molecule has 0 aliphatic heterocycles. The first-order valence-electron chi connectivity index (χ1n) is 8.66. The maximum atomic E-state index is 12.5. The van der Waals surface area contributed by atoms with Crippen LogP contribution in [0.1, 0.15) is 22.3 Å². The maximum absolute atomic E-state index is 12.5. The van der Waals surface area contributed by atoms with Crippen molar-refractivity contribution in [3.63, 3.8) is 0 Å². The highest BCUT2D eigenvalue weighted by atomic mass is 16.6. The van der Waals surface area contributed by atoms with Crippen molar-refractivity contribution in [3.8, 4) is 24.7 Å². The summed E-state index contributed by atoms with van der Waals surface area (Å²) in [5, 5.41) is 19.3. The number of rotatable bonds is 8. The third kappa shape index (κ3) is 5.24. The summed E-state index contributed by atoms with van der Waals surface area (Å²) in [5.74, 6) is 2.76. The molecule has 6 nitrogen and oxygen atoms in total. The molecule has 0 bridgehead atoms. The summed E-state index contributed by atoms with van der Waals surface area (Å²) in [5.41, 5.74) is 0.364. The van der Waals surface area contributed by atoms with E-state index in [2.05, 4.69) is 11.8 Å². The highest BCUT2D eigenvalue weighted by Crippen LogP contribution is 2.22. The van der Waals surface area contributed by atoms with Crippen LogP contribution in [0.4, 0.5) is 0 Å². The zero-order valence-electron chi connectivity index (χ0n) is 15.6. The third-order valence-corrected chi connectivity index (χ3v) is 4.30. The van der Waals surface area contributed by atoms with Crippen LogP contribution >= 0.6 is 0 Å². The van der Waals surface area contributed by atoms with Gasteiger partial charge in [0.25, 0.3) is 0 Å². The number of aliphatic hydroxyl groups is 2. The van der Waals surface area contributed by atoms with E-state index in [-0.39, 0.29) is 13.2 Å². The number of carbonyl (C=O) groups is 2. The van der Waals surface area contributed by atoms with Gasteiger partial charge in [-0.3, -0.25) is 9.59 Å². The number of carbonyl (C=O) groups excluding carboxylic acids is 2. The van der Waals surface area contributed by atoms with Crippen molar-refractivity contribution in [2.75, 3.05) is 13.2 Å². The van der Waals surface area contributed by atoms with Crippen LogP contribution in [-0.2, 0) is 32.3 Å². The molecule has 0 aliphatic rings. The molecule has 0 heterocycles. The first-order valence-corrected chi connectivity index (χ1v) is 8.66. The predicted molar refractivity (Wildman–Crippen MR) is 105 cm³/mol. The molecule has 148 valence electrons. The van der Waals surface area contributed by atoms with Crippen molar-refractivity contribution < 1.29 is 29.3 Å². The standard InChI is InChI=1S/C23H20O6/c1-3-17-5-9-19(10-6-17)13-28-21(26)23(15-24,16-25)22(27)29-14-20-11-7-18(4-2)8-12-20/h1-2,5-12,24-25H,13-16H2. The van der Waals surface area contributed by atoms with E-state index in [1.54, 1.807) is 48.5 Å². The molecule has 0 amide bonds. The summed E-state index contributed by atoms with van der Waals surface area (Å²) in [6.45, 7) is -2.25. The quantitative estimate of drug-likeness (QED) is 0.401. The van der Waals surface area contributed by atoms with Gasteiger partial charge in [0.2, 0.25) is 5.41 Å². The van der Waals surface area contributed by atoms with Crippen LogP contribution in [0.2, 0.25) is 0 Å². The van der Waals surface area contributed by atoms with E-state index >= 15 is 0 Å². The Kier molecular flexibility index (Phi) is 7.56. The van der Waals surface area contributed by atoms with E-state index in [0.29, 0.717) is 22.3 Å². The highest BCUT2D eigenvalue weighted by molar-refractivity contribution is 6.00. The van der Waals surface area contributed by atoms with Gasteiger partial charge in [0.1, 0.15) is 13.2 Å². The fraction of sp³-hybridized carbons (Fsp3) is 0.217. The molecule has 0 saturated heterocycles. The second-order valence-corrected chi connectivity index (χ2v) is 6.23. The number of esters is 2. The number of hydrogen-bond donors (Lipinski definition) is 2. The summed E-state index contributed by atoms with van der Waals surface area (Å²) in [4.78, 5) is 24.9. The first kappa shape index (κ1) is 21.7. The average molecular weight is 392 g/mol. The molecule has 0 radical (unpaired) electrons. The Morgan fingerprint density at radius 3 is 1.38 bits per heavy atom. The minimum atomic E-state index is -2.22. The molecule has 2 N–H and O–H groups in total. The second kappa shape index (κ2) is 10.1. The molecule has 0 saturated carbocycles. The van der Waals surface area contributed by atoms with Gasteiger partial charge in [0.05, 0.1) is 13.2 Å². The number of terminal acetylenes is 2. The van der Waals surface area contributed by atoms with Crippen molar-refractivity contribution in [2.24, 2.45) is 5.41 Å². The number of hydrogen-bond acceptors (Lipinski definition) is 6. The van der Waals surface area contributed by atoms with E-state index in [4.69, 9.17) is 22.3 Å². The Morgan fingerprint density at radius 1 is 0.759 bits per heavy atom. The maximum Gasteiger partial charge on any atom is 0.328 e. The Bertz CT molecular complexity index is 850. The summed E-state index contributed by atoms with van der Waals surface area (Å²) in [6.07, 6.45) is 10.6. The molecule has 0 atom stereocenters. The van der Waals surface area contributed by atoms with Crippen LogP contribution in [0.5, 0.6) is 0 Å². The number of aliphatic hydroxyl groups excluding tert-OH is 2. The summed E-state index contributed by atoms with van der Waals surface area (Å²) >= 11 is 0. The number of benzene rings is 2. The molecule has 0 unspecified atom stereocenters. The molecule has 0 spiro atoms. The Hall–Kier alpha value is -3.58. The lowest BCUT2D eigenvalue weighted by Crippen LogP contribution is -2.48. The zero-order valence-corrected chi connectivity index (χ0v) is 15.6. The van der Waals surface area contributed by atoms with Crippen LogP contribution in [0.15, 0.2) is 48.5 Å². The van der Waals surface area contributed by atoms with Crippen LogP contribution in [-0.4, -0.2) is 35.4 Å². The lowest BCUT2D eigenvalue weighted by Gasteiger charge is -2.25. The fourth-order valence-electron chi connectivity index (χ4n) is 2.36. The molecule has 29 heavy (non-hydrogen) atoms. The molecular weight excluding hydrogens is 372 g/mol. The van der Waals surface area contributed by atoms with Gasteiger partial charge in [-0.15, -0.1) is 12.8 Å². The highest BCUT2D eigenvalue weighted by Gasteiger charge is 2.48. The largest absolute Gasteiger partial charge is 0.460 e. The minimum absolute atomic E-state index is 0.160. The van der Waals surface area contributed by atoms with Gasteiger partial charge in [-0.2, -0.15) is 0 Å². The van der Waals surface area contributed by atoms with Crippen molar-refractivity contribution >= 4 is 11.9 Å². The van der Waals surface area contributed by atoms with Crippen LogP contribution in [0.3, 0.4) is 0 Å². The van der Waals surface area contributed by atoms with E-state index in [1.165, 1.54) is 0 Å². The average Bonchev–Trinajstić information content (AvgIpc) is 2.78. The Balaban J connectivity index is 2.03. The van der Waals surface area contributed by atoms with Crippen molar-refractivity contribution in [1.82, 2.24) is 0 Å². The monoisotopic (exact) mass is 392 g/mol. The molecule has 6 heteroatoms. The lowest BCUT2D eigenvalue weighted by atomic mass is 9.90. The Morgan fingerprint density at radius 2 is 1.10 bits per heavy atom. The molecule has 2 rings (SSSR count). The number of ether oxygens (including phenoxy) is 2. The SMILES string of the molecule is C#Cc1ccc(COC(=O)C(CO)(CO)C(=O)OCc2ccc(C#C)cc2)cc1. The minimum Gasteiger partial charge on any atom is -0.460 e. The van der Waals surface area contributed by atoms with Gasteiger partial charge < -0.3 is 19.7 Å². The van der Waals surface area contributed by atoms with Gasteiger partial charge in [-0.05, 0) is 35.4 Å². The molecule has 2 aromatic carbocycles. The predicted octanol–water partition coefficient (Wildman–Crippen LogP) is 1.41.